The largest absolute Gasteiger partial charge is 0.380 e. The molecular weight excluding hydrogens is 228 g/mol. The average Bonchev–Trinajstić information content (AvgIpc) is 2.26. The number of nitrogens with one attached hydrogen (secondary N) is 1. The van der Waals surface area contributed by atoms with Crippen LogP contribution < -0.4 is 4.72 Å². The number of rotatable bonds is 5. The normalized spacial score (nSPS) is 25.6. The van der Waals surface area contributed by atoms with E-state index in [1.807, 2.05) is 13.8 Å². The molecule has 0 spiro atoms. The lowest BCUT2D eigenvalue weighted by molar-refractivity contribution is 0.121. The standard InChI is InChI=1S/C10H22N2O3S/c1-9-6-4-5-7-12(9)16(13,14)11-8-10(2)15-3/h9-11H,4-8H2,1-3H3. The lowest BCUT2D eigenvalue weighted by Gasteiger charge is -2.32. The second-order valence-corrected chi connectivity index (χ2v) is 6.06. The van der Waals surface area contributed by atoms with Crippen LogP contribution in [-0.4, -0.2) is 45.1 Å². The Morgan fingerprint density at radius 2 is 2.19 bits per heavy atom. The summed E-state index contributed by atoms with van der Waals surface area (Å²) < 4.78 is 33.1. The number of hydrogen-bond acceptors (Lipinski definition) is 3. The molecule has 0 aromatic rings. The number of methoxy groups -OCH3 is 1. The van der Waals surface area contributed by atoms with Gasteiger partial charge in [-0.15, -0.1) is 0 Å². The number of piperidine rings is 1. The van der Waals surface area contributed by atoms with Gasteiger partial charge in [0.1, 0.15) is 0 Å². The first-order chi connectivity index (χ1) is 7.47. The molecular formula is C10H22N2O3S. The first-order valence-corrected chi connectivity index (χ1v) is 7.20. The van der Waals surface area contributed by atoms with Gasteiger partial charge in [0.05, 0.1) is 6.10 Å². The second kappa shape index (κ2) is 5.95. The highest BCUT2D eigenvalue weighted by Gasteiger charge is 2.29. The molecule has 1 rings (SSSR count). The van der Waals surface area contributed by atoms with Gasteiger partial charge in [0.25, 0.3) is 10.2 Å². The maximum Gasteiger partial charge on any atom is 0.279 e. The van der Waals surface area contributed by atoms with Crippen molar-refractivity contribution in [2.45, 2.75) is 45.3 Å². The first kappa shape index (κ1) is 13.9. The molecule has 0 aromatic carbocycles. The summed E-state index contributed by atoms with van der Waals surface area (Å²) in [5, 5.41) is 0. The fourth-order valence-electron chi connectivity index (χ4n) is 1.82. The molecule has 2 unspecified atom stereocenters. The molecule has 1 heterocycles. The van der Waals surface area contributed by atoms with Crippen molar-refractivity contribution in [1.82, 2.24) is 9.03 Å². The van der Waals surface area contributed by atoms with Crippen LogP contribution in [0.15, 0.2) is 0 Å². The van der Waals surface area contributed by atoms with E-state index in [9.17, 15) is 8.42 Å². The molecule has 1 fully saturated rings. The molecule has 96 valence electrons. The van der Waals surface area contributed by atoms with Crippen LogP contribution in [0, 0.1) is 0 Å². The molecule has 2 atom stereocenters. The molecule has 0 radical (unpaired) electrons. The van der Waals surface area contributed by atoms with Gasteiger partial charge in [-0.25, -0.2) is 0 Å². The molecule has 0 aromatic heterocycles. The third-order valence-corrected chi connectivity index (χ3v) is 4.70. The lowest BCUT2D eigenvalue weighted by atomic mass is 10.1. The summed E-state index contributed by atoms with van der Waals surface area (Å²) in [5.41, 5.74) is 0. The van der Waals surface area contributed by atoms with Crippen molar-refractivity contribution in [1.29, 1.82) is 0 Å². The van der Waals surface area contributed by atoms with Crippen molar-refractivity contribution in [3.8, 4) is 0 Å². The molecule has 0 bridgehead atoms. The Kier molecular flexibility index (Phi) is 5.17. The third kappa shape index (κ3) is 3.69. The molecule has 16 heavy (non-hydrogen) atoms. The molecule has 6 heteroatoms. The number of nitrogens with zero attached hydrogens (tertiary/aromatic N) is 1. The minimum atomic E-state index is -3.33. The summed E-state index contributed by atoms with van der Waals surface area (Å²) >= 11 is 0. The highest BCUT2D eigenvalue weighted by atomic mass is 32.2. The predicted molar refractivity (Wildman–Crippen MR) is 63.4 cm³/mol. The van der Waals surface area contributed by atoms with Crippen molar-refractivity contribution < 1.29 is 13.2 Å². The summed E-state index contributed by atoms with van der Waals surface area (Å²) in [7, 11) is -1.76. The van der Waals surface area contributed by atoms with E-state index in [0.717, 1.165) is 19.3 Å². The van der Waals surface area contributed by atoms with Crippen molar-refractivity contribution in [3.05, 3.63) is 0 Å². The van der Waals surface area contributed by atoms with Gasteiger partial charge in [0, 0.05) is 26.2 Å². The monoisotopic (exact) mass is 250 g/mol. The Morgan fingerprint density at radius 3 is 2.75 bits per heavy atom. The summed E-state index contributed by atoms with van der Waals surface area (Å²) in [4.78, 5) is 0. The molecule has 1 saturated heterocycles. The van der Waals surface area contributed by atoms with E-state index in [0.29, 0.717) is 13.1 Å². The van der Waals surface area contributed by atoms with Gasteiger partial charge in [-0.2, -0.15) is 17.4 Å². The quantitative estimate of drug-likeness (QED) is 0.782. The van der Waals surface area contributed by atoms with Crippen LogP contribution in [0.4, 0.5) is 0 Å². The van der Waals surface area contributed by atoms with E-state index in [-0.39, 0.29) is 12.1 Å². The average molecular weight is 250 g/mol. The van der Waals surface area contributed by atoms with Gasteiger partial charge in [-0.3, -0.25) is 0 Å². The van der Waals surface area contributed by atoms with E-state index in [2.05, 4.69) is 4.72 Å². The Morgan fingerprint density at radius 1 is 1.50 bits per heavy atom. The fraction of sp³-hybridized carbons (Fsp3) is 1.00. The third-order valence-electron chi connectivity index (χ3n) is 3.01. The zero-order valence-corrected chi connectivity index (χ0v) is 11.1. The minimum absolute atomic E-state index is 0.101. The topological polar surface area (TPSA) is 58.6 Å². The van der Waals surface area contributed by atoms with E-state index in [1.165, 1.54) is 0 Å². The van der Waals surface area contributed by atoms with Gasteiger partial charge >= 0.3 is 0 Å². The zero-order chi connectivity index (χ0) is 12.2. The highest BCUT2D eigenvalue weighted by molar-refractivity contribution is 7.87. The Balaban J connectivity index is 2.55. The van der Waals surface area contributed by atoms with E-state index in [1.54, 1.807) is 11.4 Å². The number of hydrogen-bond donors (Lipinski definition) is 1. The Bertz CT molecular complexity index is 305. The van der Waals surface area contributed by atoms with E-state index < -0.39 is 10.2 Å². The van der Waals surface area contributed by atoms with Crippen LogP contribution in [-0.2, 0) is 14.9 Å². The molecule has 0 saturated carbocycles. The molecule has 5 nitrogen and oxygen atoms in total. The van der Waals surface area contributed by atoms with Gasteiger partial charge in [-0.05, 0) is 26.7 Å². The Hall–Kier alpha value is -0.170. The molecule has 1 aliphatic heterocycles. The number of ether oxygens (including phenoxy) is 1. The van der Waals surface area contributed by atoms with Crippen LogP contribution in [0.2, 0.25) is 0 Å². The van der Waals surface area contributed by atoms with Crippen molar-refractivity contribution in [2.24, 2.45) is 0 Å². The SMILES string of the molecule is COC(C)CNS(=O)(=O)N1CCCCC1C. The molecule has 0 amide bonds. The van der Waals surface area contributed by atoms with E-state index >= 15 is 0 Å². The van der Waals surface area contributed by atoms with Crippen LogP contribution >= 0.6 is 0 Å². The second-order valence-electron chi connectivity index (χ2n) is 4.36. The minimum Gasteiger partial charge on any atom is -0.380 e. The van der Waals surface area contributed by atoms with Crippen molar-refractivity contribution in [2.75, 3.05) is 20.2 Å². The van der Waals surface area contributed by atoms with Crippen molar-refractivity contribution in [3.63, 3.8) is 0 Å². The first-order valence-electron chi connectivity index (χ1n) is 5.76. The van der Waals surface area contributed by atoms with Gasteiger partial charge in [-0.1, -0.05) is 6.42 Å². The predicted octanol–water partition coefficient (Wildman–Crippen LogP) is 0.730. The summed E-state index contributed by atoms with van der Waals surface area (Å²) in [6, 6.07) is 0.101. The van der Waals surface area contributed by atoms with E-state index in [4.69, 9.17) is 4.74 Å². The van der Waals surface area contributed by atoms with Gasteiger partial charge in [0.15, 0.2) is 0 Å². The summed E-state index contributed by atoms with van der Waals surface area (Å²) in [6.45, 7) is 4.74. The highest BCUT2D eigenvalue weighted by Crippen LogP contribution is 2.18. The fourth-order valence-corrected chi connectivity index (χ4v) is 3.38. The summed E-state index contributed by atoms with van der Waals surface area (Å²) in [5.74, 6) is 0. The van der Waals surface area contributed by atoms with Crippen LogP contribution in [0.3, 0.4) is 0 Å². The molecule has 1 aliphatic rings. The lowest BCUT2D eigenvalue weighted by Crippen LogP contribution is -2.49. The summed E-state index contributed by atoms with van der Waals surface area (Å²) in [6.07, 6.45) is 2.91. The zero-order valence-electron chi connectivity index (χ0n) is 10.3. The maximum atomic E-state index is 12.0. The molecule has 1 N–H and O–H groups in total. The smallest absolute Gasteiger partial charge is 0.279 e. The van der Waals surface area contributed by atoms with Crippen molar-refractivity contribution >= 4 is 10.2 Å². The molecule has 0 aliphatic carbocycles. The van der Waals surface area contributed by atoms with Crippen LogP contribution in [0.5, 0.6) is 0 Å². The Labute approximate surface area is 98.3 Å². The van der Waals surface area contributed by atoms with Crippen LogP contribution in [0.1, 0.15) is 33.1 Å². The maximum absolute atomic E-state index is 12.0. The van der Waals surface area contributed by atoms with Gasteiger partial charge in [0.2, 0.25) is 0 Å². The van der Waals surface area contributed by atoms with Crippen LogP contribution in [0.25, 0.3) is 0 Å². The van der Waals surface area contributed by atoms with Gasteiger partial charge < -0.3 is 4.74 Å².